The molecule has 33 heavy (non-hydrogen) atoms. The van der Waals surface area contributed by atoms with Crippen LogP contribution in [0.15, 0.2) is 52.4 Å². The van der Waals surface area contributed by atoms with Gasteiger partial charge in [-0.25, -0.2) is 9.79 Å². The average Bonchev–Trinajstić information content (AvgIpc) is 3.09. The van der Waals surface area contributed by atoms with Gasteiger partial charge in [0.1, 0.15) is 0 Å². The van der Waals surface area contributed by atoms with Crippen LogP contribution in [-0.4, -0.2) is 46.3 Å². The number of benzene rings is 2. The number of carboxylic acids is 1. The molecule has 2 aromatic rings. The Morgan fingerprint density at radius 3 is 2.52 bits per heavy atom. The molecular weight excluding hydrogens is 440 g/mol. The molecule has 1 atom stereocenters. The number of aliphatic imine (C=N–C) groups is 1. The van der Waals surface area contributed by atoms with Gasteiger partial charge < -0.3 is 14.6 Å². The Morgan fingerprint density at radius 1 is 1.15 bits per heavy atom. The van der Waals surface area contributed by atoms with E-state index in [4.69, 9.17) is 19.6 Å². The van der Waals surface area contributed by atoms with Crippen molar-refractivity contribution in [3.05, 3.63) is 58.5 Å². The molecule has 0 bridgehead atoms. The molecule has 0 aliphatic carbocycles. The first kappa shape index (κ1) is 24.4. The topological polar surface area (TPSA) is 88.4 Å². The Labute approximate surface area is 198 Å². The number of amidine groups is 1. The molecule has 0 radical (unpaired) electrons. The highest BCUT2D eigenvalue weighted by Gasteiger charge is 2.36. The lowest BCUT2D eigenvalue weighted by atomic mass is 10.1. The zero-order chi connectivity index (χ0) is 24.0. The molecule has 1 aliphatic heterocycles. The number of rotatable bonds is 9. The number of hydrogen-bond acceptors (Lipinski definition) is 6. The van der Waals surface area contributed by atoms with Gasteiger partial charge in [-0.05, 0) is 74.9 Å². The highest BCUT2D eigenvalue weighted by atomic mass is 32.2. The monoisotopic (exact) mass is 468 g/mol. The fraction of sp³-hybridized carbons (Fsp3) is 0.320. The Bertz CT molecular complexity index is 1080. The summed E-state index contributed by atoms with van der Waals surface area (Å²) in [5.74, 6) is -0.392. The molecule has 0 aromatic heterocycles. The van der Waals surface area contributed by atoms with Gasteiger partial charge in [0.15, 0.2) is 23.3 Å². The van der Waals surface area contributed by atoms with Crippen molar-refractivity contribution in [1.29, 1.82) is 0 Å². The Balaban J connectivity index is 1.93. The summed E-state index contributed by atoms with van der Waals surface area (Å²) in [6.45, 7) is 7.83. The van der Waals surface area contributed by atoms with Gasteiger partial charge in [-0.3, -0.25) is 9.69 Å². The maximum Gasteiger partial charge on any atom is 0.341 e. The van der Waals surface area contributed by atoms with Crippen molar-refractivity contribution in [2.24, 2.45) is 4.99 Å². The van der Waals surface area contributed by atoms with Gasteiger partial charge in [-0.2, -0.15) is 0 Å². The minimum Gasteiger partial charge on any atom is -0.490 e. The van der Waals surface area contributed by atoms with E-state index < -0.39 is 12.6 Å². The first-order valence-corrected chi connectivity index (χ1v) is 11.6. The zero-order valence-corrected chi connectivity index (χ0v) is 20.0. The number of nitrogens with zero attached hydrogens (tertiary/aromatic N) is 2. The van der Waals surface area contributed by atoms with Gasteiger partial charge in [0, 0.05) is 6.04 Å². The number of hydrogen-bond donors (Lipinski definition) is 1. The third kappa shape index (κ3) is 6.16. The number of aliphatic carboxylic acids is 1. The van der Waals surface area contributed by atoms with E-state index >= 15 is 0 Å². The molecule has 1 heterocycles. The molecule has 8 heteroatoms. The van der Waals surface area contributed by atoms with Crippen LogP contribution in [0.25, 0.3) is 6.08 Å². The summed E-state index contributed by atoms with van der Waals surface area (Å²) >= 11 is 1.34. The first-order chi connectivity index (χ1) is 15.8. The molecule has 174 valence electrons. The fourth-order valence-corrected chi connectivity index (χ4v) is 4.25. The van der Waals surface area contributed by atoms with Crippen LogP contribution in [0.5, 0.6) is 11.5 Å². The molecule has 7 nitrogen and oxygen atoms in total. The van der Waals surface area contributed by atoms with Crippen molar-refractivity contribution in [3.8, 4) is 11.5 Å². The van der Waals surface area contributed by atoms with Gasteiger partial charge in [-0.1, -0.05) is 30.7 Å². The highest BCUT2D eigenvalue weighted by molar-refractivity contribution is 8.18. The van der Waals surface area contributed by atoms with Crippen LogP contribution in [0.4, 0.5) is 5.69 Å². The normalized spacial score (nSPS) is 17.0. The van der Waals surface area contributed by atoms with Crippen LogP contribution in [0.1, 0.15) is 38.3 Å². The minimum atomic E-state index is -1.07. The lowest BCUT2D eigenvalue weighted by molar-refractivity contribution is -0.139. The summed E-state index contributed by atoms with van der Waals surface area (Å²) in [4.78, 5) is 31.1. The molecule has 0 spiro atoms. The van der Waals surface area contributed by atoms with E-state index in [1.165, 1.54) is 11.8 Å². The number of aryl methyl sites for hydroxylation is 1. The molecule has 0 unspecified atom stereocenters. The zero-order valence-electron chi connectivity index (χ0n) is 19.2. The van der Waals surface area contributed by atoms with Crippen LogP contribution >= 0.6 is 11.8 Å². The van der Waals surface area contributed by atoms with Crippen molar-refractivity contribution < 1.29 is 24.2 Å². The summed E-state index contributed by atoms with van der Waals surface area (Å²) < 4.78 is 10.9. The molecule has 1 fully saturated rings. The average molecular weight is 469 g/mol. The van der Waals surface area contributed by atoms with Crippen LogP contribution in [-0.2, 0) is 9.59 Å². The third-order valence-electron chi connectivity index (χ3n) is 5.04. The summed E-state index contributed by atoms with van der Waals surface area (Å²) in [7, 11) is 0. The van der Waals surface area contributed by atoms with Crippen molar-refractivity contribution in [2.45, 2.75) is 40.2 Å². The van der Waals surface area contributed by atoms with Crippen molar-refractivity contribution in [2.75, 3.05) is 13.2 Å². The Morgan fingerprint density at radius 2 is 1.88 bits per heavy atom. The van der Waals surface area contributed by atoms with Crippen LogP contribution in [0.3, 0.4) is 0 Å². The maximum atomic E-state index is 13.3. The SMILES string of the molecule is CCOc1cc(/C=C2/SC(=Nc3ccc(C)cc3)N([C@@H](C)CC)C2=O)ccc1OCC(=O)O. The third-order valence-corrected chi connectivity index (χ3v) is 6.03. The number of carbonyl (C=O) groups excluding carboxylic acids is 1. The van der Waals surface area contributed by atoms with E-state index in [-0.39, 0.29) is 11.9 Å². The van der Waals surface area contributed by atoms with E-state index in [1.807, 2.05) is 52.0 Å². The van der Waals surface area contributed by atoms with Gasteiger partial charge >= 0.3 is 5.97 Å². The number of carbonyl (C=O) groups is 2. The lowest BCUT2D eigenvalue weighted by Crippen LogP contribution is -2.36. The number of ether oxygens (including phenoxy) is 2. The second-order valence-corrected chi connectivity index (χ2v) is 8.60. The fourth-order valence-electron chi connectivity index (χ4n) is 3.16. The predicted octanol–water partition coefficient (Wildman–Crippen LogP) is 5.26. The summed E-state index contributed by atoms with van der Waals surface area (Å²) in [5, 5.41) is 9.52. The standard InChI is InChI=1S/C25H28N2O5S/c1-5-17(4)27-24(30)22(33-25(27)26-19-10-7-16(3)8-11-19)14-18-9-12-20(32-15-23(28)29)21(13-18)31-6-2/h7-14,17H,5-6,15H2,1-4H3,(H,28,29)/b22-14+,26-25?/t17-/m0/s1. The van der Waals surface area contributed by atoms with E-state index in [1.54, 1.807) is 29.2 Å². The van der Waals surface area contributed by atoms with Crippen molar-refractivity contribution in [1.82, 2.24) is 4.90 Å². The van der Waals surface area contributed by atoms with E-state index in [2.05, 4.69) is 0 Å². The number of thioether (sulfide) groups is 1. The minimum absolute atomic E-state index is 0.00544. The van der Waals surface area contributed by atoms with Crippen LogP contribution < -0.4 is 9.47 Å². The first-order valence-electron chi connectivity index (χ1n) is 10.8. The molecule has 1 N–H and O–H groups in total. The quantitative estimate of drug-likeness (QED) is 0.505. The largest absolute Gasteiger partial charge is 0.490 e. The molecule has 2 aromatic carbocycles. The van der Waals surface area contributed by atoms with Crippen molar-refractivity contribution in [3.63, 3.8) is 0 Å². The van der Waals surface area contributed by atoms with E-state index in [9.17, 15) is 9.59 Å². The molecule has 1 saturated heterocycles. The van der Waals surface area contributed by atoms with Gasteiger partial charge in [-0.15, -0.1) is 0 Å². The maximum absolute atomic E-state index is 13.3. The van der Waals surface area contributed by atoms with Crippen LogP contribution in [0, 0.1) is 6.92 Å². The summed E-state index contributed by atoms with van der Waals surface area (Å²) in [6, 6.07) is 13.0. The van der Waals surface area contributed by atoms with Gasteiger partial charge in [0.05, 0.1) is 17.2 Å². The smallest absolute Gasteiger partial charge is 0.341 e. The second kappa shape index (κ2) is 11.0. The molecule has 3 rings (SSSR count). The molecule has 1 amide bonds. The second-order valence-electron chi connectivity index (χ2n) is 7.59. The lowest BCUT2D eigenvalue weighted by Gasteiger charge is -2.22. The highest BCUT2D eigenvalue weighted by Crippen LogP contribution is 2.37. The van der Waals surface area contributed by atoms with Gasteiger partial charge in [0.25, 0.3) is 5.91 Å². The Kier molecular flexibility index (Phi) is 8.16. The molecule has 0 saturated carbocycles. The van der Waals surface area contributed by atoms with Gasteiger partial charge in [0.2, 0.25) is 0 Å². The summed E-state index contributed by atoms with van der Waals surface area (Å²) in [5.41, 5.74) is 2.69. The number of amides is 1. The Hall–Kier alpha value is -3.26. The molecular formula is C25H28N2O5S. The van der Waals surface area contributed by atoms with E-state index in [0.717, 1.165) is 23.2 Å². The van der Waals surface area contributed by atoms with Crippen LogP contribution in [0.2, 0.25) is 0 Å². The number of carboxylic acid groups (broad SMARTS) is 1. The molecule has 1 aliphatic rings. The summed E-state index contributed by atoms with van der Waals surface area (Å²) in [6.07, 6.45) is 2.60. The van der Waals surface area contributed by atoms with E-state index in [0.29, 0.717) is 28.2 Å². The van der Waals surface area contributed by atoms with Crippen molar-refractivity contribution >= 4 is 40.6 Å². The predicted molar refractivity (Wildman–Crippen MR) is 131 cm³/mol.